The largest absolute Gasteiger partial charge is 0.478 e. The van der Waals surface area contributed by atoms with E-state index in [0.29, 0.717) is 0 Å². The molecule has 1 aromatic heterocycles. The molecule has 2 heterocycles. The number of allylic oxidation sites excluding steroid dienone is 2. The highest BCUT2D eigenvalue weighted by atomic mass is 32.2. The van der Waals surface area contributed by atoms with Crippen molar-refractivity contribution in [1.29, 1.82) is 0 Å². The van der Waals surface area contributed by atoms with E-state index in [-0.39, 0.29) is 34.3 Å². The number of sulfonamides is 1. The van der Waals surface area contributed by atoms with Crippen molar-refractivity contribution in [2.24, 2.45) is 5.92 Å². The molecule has 0 amide bonds. The first kappa shape index (κ1) is 20.2. The van der Waals surface area contributed by atoms with E-state index < -0.39 is 16.0 Å². The van der Waals surface area contributed by atoms with Gasteiger partial charge in [-0.1, -0.05) is 24.3 Å². The second-order valence-electron chi connectivity index (χ2n) is 7.83. The second-order valence-corrected chi connectivity index (χ2v) is 9.52. The Hall–Kier alpha value is -3.72. The first-order valence-electron chi connectivity index (χ1n) is 10.1. The molecule has 0 saturated heterocycles. The van der Waals surface area contributed by atoms with Crippen molar-refractivity contribution in [1.82, 2.24) is 9.97 Å². The van der Waals surface area contributed by atoms with Crippen LogP contribution < -0.4 is 10.0 Å². The number of nitrogens with one attached hydrogen (secondary N) is 2. The lowest BCUT2D eigenvalue weighted by Gasteiger charge is -2.37. The Kier molecular flexibility index (Phi) is 4.90. The number of benzene rings is 2. The Morgan fingerprint density at radius 2 is 1.91 bits per heavy atom. The summed E-state index contributed by atoms with van der Waals surface area (Å²) in [7, 11) is -3.85. The maximum absolute atomic E-state index is 12.9. The van der Waals surface area contributed by atoms with E-state index in [1.54, 1.807) is 42.5 Å². The third kappa shape index (κ3) is 3.60. The molecular weight excluding hydrogens is 428 g/mol. The Bertz CT molecular complexity index is 1320. The normalized spacial score (nSPS) is 21.3. The third-order valence-corrected chi connectivity index (χ3v) is 7.25. The number of carbonyl (C=O) groups is 1. The van der Waals surface area contributed by atoms with Crippen molar-refractivity contribution in [2.45, 2.75) is 23.3 Å². The number of fused-ring (bicyclic) bond motifs is 3. The summed E-state index contributed by atoms with van der Waals surface area (Å²) in [5.74, 6) is -0.781. The van der Waals surface area contributed by atoms with Crippen LogP contribution in [-0.2, 0) is 10.0 Å². The number of rotatable bonds is 5. The van der Waals surface area contributed by atoms with Crippen LogP contribution in [0.1, 0.15) is 39.9 Å². The molecule has 0 spiro atoms. The molecule has 8 nitrogen and oxygen atoms in total. The van der Waals surface area contributed by atoms with Crippen molar-refractivity contribution in [3.63, 3.8) is 0 Å². The molecule has 32 heavy (non-hydrogen) atoms. The minimum atomic E-state index is -3.85. The quantitative estimate of drug-likeness (QED) is 0.508. The molecule has 0 fully saturated rings. The van der Waals surface area contributed by atoms with Crippen LogP contribution in [0.4, 0.5) is 11.6 Å². The third-order valence-electron chi connectivity index (χ3n) is 5.93. The van der Waals surface area contributed by atoms with Crippen LogP contribution in [0.3, 0.4) is 0 Å². The van der Waals surface area contributed by atoms with Gasteiger partial charge in [-0.3, -0.25) is 0 Å². The van der Waals surface area contributed by atoms with Crippen LogP contribution in [0.15, 0.2) is 78.0 Å². The van der Waals surface area contributed by atoms with Crippen molar-refractivity contribution >= 4 is 27.6 Å². The molecule has 0 bridgehead atoms. The second kappa shape index (κ2) is 7.76. The molecular formula is C23H20N4O4S. The van der Waals surface area contributed by atoms with E-state index in [9.17, 15) is 18.3 Å². The average molecular weight is 449 g/mol. The Labute approximate surface area is 185 Å². The molecule has 0 saturated carbocycles. The molecule has 1 aliphatic carbocycles. The number of carboxylic acids is 1. The number of aromatic carboxylic acids is 1. The number of carboxylic acid groups (broad SMARTS) is 1. The maximum Gasteiger partial charge on any atom is 0.335 e. The fourth-order valence-electron chi connectivity index (χ4n) is 4.47. The van der Waals surface area contributed by atoms with Gasteiger partial charge < -0.3 is 10.4 Å². The number of hydrogen-bond acceptors (Lipinski definition) is 6. The van der Waals surface area contributed by atoms with Crippen molar-refractivity contribution in [2.75, 3.05) is 10.0 Å². The summed E-state index contributed by atoms with van der Waals surface area (Å²) in [6.07, 6.45) is 7.94. The molecule has 9 heteroatoms. The van der Waals surface area contributed by atoms with E-state index in [2.05, 4.69) is 32.2 Å². The molecule has 0 radical (unpaired) electrons. The van der Waals surface area contributed by atoms with Gasteiger partial charge >= 0.3 is 5.97 Å². The summed E-state index contributed by atoms with van der Waals surface area (Å²) < 4.78 is 28.2. The minimum Gasteiger partial charge on any atom is -0.478 e. The van der Waals surface area contributed by atoms with Crippen LogP contribution in [0.5, 0.6) is 0 Å². The average Bonchev–Trinajstić information content (AvgIpc) is 3.29. The van der Waals surface area contributed by atoms with Crippen LogP contribution in [-0.4, -0.2) is 29.5 Å². The van der Waals surface area contributed by atoms with Crippen molar-refractivity contribution in [3.8, 4) is 0 Å². The van der Waals surface area contributed by atoms with E-state index >= 15 is 0 Å². The number of anilines is 2. The molecule has 3 atom stereocenters. The van der Waals surface area contributed by atoms with Crippen molar-refractivity contribution < 1.29 is 18.3 Å². The van der Waals surface area contributed by atoms with E-state index in [1.807, 2.05) is 6.07 Å². The molecule has 5 rings (SSSR count). The summed E-state index contributed by atoms with van der Waals surface area (Å²) in [5, 5.41) is 12.9. The molecule has 2 aromatic carbocycles. The summed E-state index contributed by atoms with van der Waals surface area (Å²) in [4.78, 5) is 19.4. The molecule has 0 unspecified atom stereocenters. The topological polar surface area (TPSA) is 121 Å². The van der Waals surface area contributed by atoms with Crippen LogP contribution in [0.25, 0.3) is 0 Å². The lowest BCUT2D eigenvalue weighted by Crippen LogP contribution is -2.29. The molecule has 3 N–H and O–H groups in total. The van der Waals surface area contributed by atoms with Crippen LogP contribution in [0.2, 0.25) is 0 Å². The number of aromatic nitrogens is 2. The standard InChI is InChI=1S/C23H20N4O4S/c28-22(29)15-5-1-4-14(12-15)21-18-7-2-6-17(18)19-13-16(8-9-20(19)26-21)32(30,31)27-23-24-10-3-11-25-23/h1-6,8-13,17-18,21,26H,7H2,(H,28,29)(H,24,25,27)/t17-,18-,21-/m0/s1. The zero-order chi connectivity index (χ0) is 22.3. The van der Waals surface area contributed by atoms with E-state index in [0.717, 1.165) is 23.2 Å². The fraction of sp³-hybridized carbons (Fsp3) is 0.174. The predicted molar refractivity (Wildman–Crippen MR) is 119 cm³/mol. The molecule has 1 aliphatic heterocycles. The highest BCUT2D eigenvalue weighted by Crippen LogP contribution is 2.50. The smallest absolute Gasteiger partial charge is 0.335 e. The zero-order valence-corrected chi connectivity index (χ0v) is 17.7. The van der Waals surface area contributed by atoms with Gasteiger partial charge in [0.15, 0.2) is 0 Å². The minimum absolute atomic E-state index is 0.0142. The lowest BCUT2D eigenvalue weighted by atomic mass is 9.77. The fourth-order valence-corrected chi connectivity index (χ4v) is 5.46. The van der Waals surface area contributed by atoms with Gasteiger partial charge in [0.2, 0.25) is 5.95 Å². The Morgan fingerprint density at radius 1 is 1.09 bits per heavy atom. The highest BCUT2D eigenvalue weighted by molar-refractivity contribution is 7.92. The van der Waals surface area contributed by atoms with Gasteiger partial charge in [-0.15, -0.1) is 0 Å². The molecule has 3 aromatic rings. The van der Waals surface area contributed by atoms with Crippen LogP contribution >= 0.6 is 0 Å². The predicted octanol–water partition coefficient (Wildman–Crippen LogP) is 3.80. The Balaban J connectivity index is 1.50. The van der Waals surface area contributed by atoms with Gasteiger partial charge in [-0.25, -0.2) is 27.9 Å². The van der Waals surface area contributed by atoms with Gasteiger partial charge in [0, 0.05) is 24.0 Å². The van der Waals surface area contributed by atoms with Gasteiger partial charge in [0.1, 0.15) is 0 Å². The van der Waals surface area contributed by atoms with E-state index in [1.165, 1.54) is 12.4 Å². The summed E-state index contributed by atoms with van der Waals surface area (Å²) in [5.41, 5.74) is 2.87. The van der Waals surface area contributed by atoms with Crippen molar-refractivity contribution in [3.05, 3.63) is 89.8 Å². The number of nitrogens with zero attached hydrogens (tertiary/aromatic N) is 2. The van der Waals surface area contributed by atoms with Gasteiger partial charge in [-0.2, -0.15) is 0 Å². The van der Waals surface area contributed by atoms with Gasteiger partial charge in [0.25, 0.3) is 10.0 Å². The summed E-state index contributed by atoms with van der Waals surface area (Å²) >= 11 is 0. The zero-order valence-electron chi connectivity index (χ0n) is 16.8. The monoisotopic (exact) mass is 448 g/mol. The SMILES string of the molecule is O=C(O)c1cccc([C@@H]2Nc3ccc(S(=O)(=O)Nc4ncccn4)cc3[C@H]3C=CC[C@@H]32)c1. The highest BCUT2D eigenvalue weighted by Gasteiger charge is 2.38. The first-order valence-corrected chi connectivity index (χ1v) is 11.6. The van der Waals surface area contributed by atoms with E-state index in [4.69, 9.17) is 0 Å². The molecule has 162 valence electrons. The number of hydrogen-bond donors (Lipinski definition) is 3. The van der Waals surface area contributed by atoms with Gasteiger partial charge in [-0.05, 0) is 59.9 Å². The maximum atomic E-state index is 12.9. The summed E-state index contributed by atoms with van der Waals surface area (Å²) in [6, 6.07) is 13.5. The van der Waals surface area contributed by atoms with Gasteiger partial charge in [0.05, 0.1) is 16.5 Å². The first-order chi connectivity index (χ1) is 15.4. The summed E-state index contributed by atoms with van der Waals surface area (Å²) in [6.45, 7) is 0. The molecule has 2 aliphatic rings. The van der Waals surface area contributed by atoms with Crippen LogP contribution in [0, 0.1) is 5.92 Å². The Morgan fingerprint density at radius 3 is 2.69 bits per heavy atom. The lowest BCUT2D eigenvalue weighted by molar-refractivity contribution is 0.0696.